The Bertz CT molecular complexity index is 763. The third kappa shape index (κ3) is 2.19. The van der Waals surface area contributed by atoms with Crippen LogP contribution in [0.3, 0.4) is 0 Å². The molecule has 2 aliphatic rings. The van der Waals surface area contributed by atoms with Crippen LogP contribution >= 0.6 is 0 Å². The first-order chi connectivity index (χ1) is 11.1. The first kappa shape index (κ1) is 14.5. The molecule has 0 aromatic heterocycles. The van der Waals surface area contributed by atoms with Crippen molar-refractivity contribution in [3.05, 3.63) is 70.8 Å². The maximum Gasteiger partial charge on any atom is 0.169 e. The standard InChI is InChI=1S/C20H22N2O/c1-14(2)15-7-9-17(10-8-15)20(23)13-16-5-3-4-6-18(16)19-21-11-12-22(19)20/h3-10,14,23H,11-13H2,1-2H3. The van der Waals surface area contributed by atoms with E-state index in [4.69, 9.17) is 0 Å². The molecule has 2 aromatic rings. The van der Waals surface area contributed by atoms with Crippen molar-refractivity contribution >= 4 is 5.84 Å². The van der Waals surface area contributed by atoms with Crippen molar-refractivity contribution in [2.45, 2.75) is 31.9 Å². The molecule has 0 radical (unpaired) electrons. The number of rotatable bonds is 2. The van der Waals surface area contributed by atoms with E-state index >= 15 is 0 Å². The summed E-state index contributed by atoms with van der Waals surface area (Å²) in [6, 6.07) is 16.7. The van der Waals surface area contributed by atoms with E-state index in [0.29, 0.717) is 12.3 Å². The van der Waals surface area contributed by atoms with Gasteiger partial charge in [-0.2, -0.15) is 0 Å². The van der Waals surface area contributed by atoms with Gasteiger partial charge in [-0.25, -0.2) is 0 Å². The van der Waals surface area contributed by atoms with E-state index < -0.39 is 5.72 Å². The van der Waals surface area contributed by atoms with E-state index in [0.717, 1.165) is 30.1 Å². The van der Waals surface area contributed by atoms with E-state index in [1.807, 2.05) is 12.1 Å². The summed E-state index contributed by atoms with van der Waals surface area (Å²) >= 11 is 0. The van der Waals surface area contributed by atoms with E-state index in [1.54, 1.807) is 0 Å². The predicted molar refractivity (Wildman–Crippen MR) is 92.7 cm³/mol. The van der Waals surface area contributed by atoms with Crippen LogP contribution in [-0.2, 0) is 12.1 Å². The lowest BCUT2D eigenvalue weighted by Gasteiger charge is -2.43. The fraction of sp³-hybridized carbons (Fsp3) is 0.350. The van der Waals surface area contributed by atoms with E-state index in [1.165, 1.54) is 11.1 Å². The van der Waals surface area contributed by atoms with E-state index in [-0.39, 0.29) is 0 Å². The molecule has 118 valence electrons. The molecule has 1 N–H and O–H groups in total. The number of aliphatic hydroxyl groups is 1. The van der Waals surface area contributed by atoms with Crippen LogP contribution in [0, 0.1) is 0 Å². The molecule has 0 bridgehead atoms. The Balaban J connectivity index is 1.80. The highest BCUT2D eigenvalue weighted by molar-refractivity contribution is 6.02. The molecule has 2 heterocycles. The van der Waals surface area contributed by atoms with Crippen LogP contribution in [0.15, 0.2) is 53.5 Å². The Morgan fingerprint density at radius 1 is 1.09 bits per heavy atom. The van der Waals surface area contributed by atoms with Gasteiger partial charge in [0.2, 0.25) is 0 Å². The molecule has 2 aliphatic heterocycles. The Hall–Kier alpha value is -2.13. The molecule has 2 aromatic carbocycles. The summed E-state index contributed by atoms with van der Waals surface area (Å²) in [5.41, 5.74) is 3.57. The number of nitrogens with zero attached hydrogens (tertiary/aromatic N) is 2. The van der Waals surface area contributed by atoms with Gasteiger partial charge in [0.15, 0.2) is 5.72 Å². The zero-order valence-corrected chi connectivity index (χ0v) is 13.7. The molecule has 23 heavy (non-hydrogen) atoms. The Labute approximate surface area is 137 Å². The van der Waals surface area contributed by atoms with Crippen molar-refractivity contribution < 1.29 is 5.11 Å². The zero-order chi connectivity index (χ0) is 16.0. The van der Waals surface area contributed by atoms with Gasteiger partial charge in [-0.05, 0) is 17.0 Å². The highest BCUT2D eigenvalue weighted by Crippen LogP contribution is 2.38. The Kier molecular flexibility index (Phi) is 3.27. The number of hydrogen-bond acceptors (Lipinski definition) is 3. The number of benzene rings is 2. The fourth-order valence-electron chi connectivity index (χ4n) is 3.68. The molecule has 3 nitrogen and oxygen atoms in total. The second-order valence-corrected chi connectivity index (χ2v) is 6.78. The van der Waals surface area contributed by atoms with Crippen LogP contribution in [0.1, 0.15) is 42.0 Å². The lowest BCUT2D eigenvalue weighted by molar-refractivity contribution is -0.0745. The van der Waals surface area contributed by atoms with Crippen LogP contribution < -0.4 is 0 Å². The number of hydrogen-bond donors (Lipinski definition) is 1. The van der Waals surface area contributed by atoms with Crippen molar-refractivity contribution in [1.29, 1.82) is 0 Å². The van der Waals surface area contributed by atoms with E-state index in [2.05, 4.69) is 60.1 Å². The minimum atomic E-state index is -1.00. The van der Waals surface area contributed by atoms with Gasteiger partial charge in [0, 0.05) is 24.1 Å². The largest absolute Gasteiger partial charge is 0.366 e. The Morgan fingerprint density at radius 3 is 2.57 bits per heavy atom. The molecule has 0 fully saturated rings. The second kappa shape index (κ2) is 5.20. The summed E-state index contributed by atoms with van der Waals surface area (Å²) in [4.78, 5) is 6.72. The van der Waals surface area contributed by atoms with Crippen LogP contribution in [-0.4, -0.2) is 28.9 Å². The SMILES string of the molecule is CC(C)c1ccc(C2(O)Cc3ccccc3C3=NCCN32)cc1. The second-order valence-electron chi connectivity index (χ2n) is 6.78. The predicted octanol–water partition coefficient (Wildman–Crippen LogP) is 3.27. The van der Waals surface area contributed by atoms with Crippen LogP contribution in [0.2, 0.25) is 0 Å². The molecule has 3 heteroatoms. The van der Waals surface area contributed by atoms with Gasteiger partial charge < -0.3 is 10.0 Å². The fourth-order valence-corrected chi connectivity index (χ4v) is 3.68. The summed E-state index contributed by atoms with van der Waals surface area (Å²) in [6.45, 7) is 5.89. The molecule has 1 unspecified atom stereocenters. The first-order valence-electron chi connectivity index (χ1n) is 8.33. The molecular formula is C20H22N2O. The third-order valence-electron chi connectivity index (χ3n) is 5.02. The molecular weight excluding hydrogens is 284 g/mol. The molecule has 0 saturated carbocycles. The normalized spacial score (nSPS) is 22.8. The van der Waals surface area contributed by atoms with Crippen molar-refractivity contribution in [3.8, 4) is 0 Å². The van der Waals surface area contributed by atoms with Gasteiger partial charge in [-0.3, -0.25) is 4.99 Å². The molecule has 0 saturated heterocycles. The quantitative estimate of drug-likeness (QED) is 0.924. The lowest BCUT2D eigenvalue weighted by atomic mass is 9.85. The van der Waals surface area contributed by atoms with Crippen molar-refractivity contribution in [3.63, 3.8) is 0 Å². The highest BCUT2D eigenvalue weighted by atomic mass is 16.3. The smallest absolute Gasteiger partial charge is 0.169 e. The van der Waals surface area contributed by atoms with Gasteiger partial charge in [0.25, 0.3) is 0 Å². The van der Waals surface area contributed by atoms with Crippen molar-refractivity contribution in [2.24, 2.45) is 4.99 Å². The number of fused-ring (bicyclic) bond motifs is 3. The van der Waals surface area contributed by atoms with E-state index in [9.17, 15) is 5.11 Å². The van der Waals surface area contributed by atoms with Crippen molar-refractivity contribution in [1.82, 2.24) is 4.90 Å². The lowest BCUT2D eigenvalue weighted by Crippen LogP contribution is -2.53. The third-order valence-corrected chi connectivity index (χ3v) is 5.02. The molecule has 1 atom stereocenters. The first-order valence-corrected chi connectivity index (χ1v) is 8.33. The number of amidine groups is 1. The van der Waals surface area contributed by atoms with Crippen molar-refractivity contribution in [2.75, 3.05) is 13.1 Å². The van der Waals surface area contributed by atoms with Gasteiger partial charge in [0.05, 0.1) is 6.54 Å². The van der Waals surface area contributed by atoms with Gasteiger partial charge >= 0.3 is 0 Å². The summed E-state index contributed by atoms with van der Waals surface area (Å²) in [6.07, 6.45) is 0.600. The minimum Gasteiger partial charge on any atom is -0.366 e. The van der Waals surface area contributed by atoms with Crippen LogP contribution in [0.4, 0.5) is 0 Å². The molecule has 0 spiro atoms. The number of aliphatic imine (C=N–C) groups is 1. The molecule has 0 amide bonds. The summed E-state index contributed by atoms with van der Waals surface area (Å²) < 4.78 is 0. The van der Waals surface area contributed by atoms with Gasteiger partial charge in [-0.15, -0.1) is 0 Å². The summed E-state index contributed by atoms with van der Waals surface area (Å²) in [7, 11) is 0. The van der Waals surface area contributed by atoms with Gasteiger partial charge in [0.1, 0.15) is 5.84 Å². The highest BCUT2D eigenvalue weighted by Gasteiger charge is 2.44. The molecule has 4 rings (SSSR count). The molecule has 0 aliphatic carbocycles. The monoisotopic (exact) mass is 306 g/mol. The minimum absolute atomic E-state index is 0.495. The average Bonchev–Trinajstić information content (AvgIpc) is 3.06. The summed E-state index contributed by atoms with van der Waals surface area (Å²) in [5.74, 6) is 1.43. The summed E-state index contributed by atoms with van der Waals surface area (Å²) in [5, 5.41) is 11.5. The van der Waals surface area contributed by atoms with Gasteiger partial charge in [-0.1, -0.05) is 62.4 Å². The van der Waals surface area contributed by atoms with Crippen LogP contribution in [0.5, 0.6) is 0 Å². The van der Waals surface area contributed by atoms with Crippen LogP contribution in [0.25, 0.3) is 0 Å². The topological polar surface area (TPSA) is 35.8 Å². The zero-order valence-electron chi connectivity index (χ0n) is 13.7. The maximum absolute atomic E-state index is 11.5. The maximum atomic E-state index is 11.5. The Morgan fingerprint density at radius 2 is 1.83 bits per heavy atom. The average molecular weight is 306 g/mol.